The lowest BCUT2D eigenvalue weighted by molar-refractivity contribution is -0.193. The summed E-state index contributed by atoms with van der Waals surface area (Å²) in [5.74, 6) is 0.245. The maximum atomic E-state index is 11.1. The molecular weight excluding hydrogens is 276 g/mol. The molecule has 0 saturated carbocycles. The summed E-state index contributed by atoms with van der Waals surface area (Å²) in [6.07, 6.45) is -0.326. The van der Waals surface area contributed by atoms with Crippen LogP contribution in [0.3, 0.4) is 0 Å². The molecule has 114 valence electrons. The van der Waals surface area contributed by atoms with Crippen LogP contribution >= 0.6 is 0 Å². The standard InChI is InChI=1S/C15H18O6/c1-9(15(20-10(2)16)21-11(3)17)6-12-4-5-13-14(7-12)19-8-18-13/h4-5,7,9,15H,6,8H2,1-3H3. The molecule has 1 aliphatic heterocycles. The van der Waals surface area contributed by atoms with E-state index in [4.69, 9.17) is 18.9 Å². The monoisotopic (exact) mass is 294 g/mol. The molecule has 0 saturated heterocycles. The van der Waals surface area contributed by atoms with Crippen LogP contribution in [0.2, 0.25) is 0 Å². The Kier molecular flexibility index (Phi) is 4.67. The number of esters is 2. The van der Waals surface area contributed by atoms with E-state index in [-0.39, 0.29) is 12.7 Å². The second-order valence-corrected chi connectivity index (χ2v) is 4.96. The normalized spacial score (nSPS) is 13.9. The minimum absolute atomic E-state index is 0.182. The van der Waals surface area contributed by atoms with Gasteiger partial charge in [0.2, 0.25) is 13.1 Å². The van der Waals surface area contributed by atoms with Gasteiger partial charge in [-0.1, -0.05) is 13.0 Å². The summed E-state index contributed by atoms with van der Waals surface area (Å²) in [5, 5.41) is 0. The quantitative estimate of drug-likeness (QED) is 0.611. The van der Waals surface area contributed by atoms with E-state index in [1.807, 2.05) is 25.1 Å². The number of fused-ring (bicyclic) bond motifs is 1. The molecule has 0 aliphatic carbocycles. The minimum Gasteiger partial charge on any atom is -0.454 e. The van der Waals surface area contributed by atoms with Crippen LogP contribution in [0.1, 0.15) is 26.3 Å². The topological polar surface area (TPSA) is 71.1 Å². The summed E-state index contributed by atoms with van der Waals surface area (Å²) in [7, 11) is 0. The van der Waals surface area contributed by atoms with Crippen LogP contribution < -0.4 is 9.47 Å². The summed E-state index contributed by atoms with van der Waals surface area (Å²) in [6.45, 7) is 4.63. The largest absolute Gasteiger partial charge is 0.454 e. The lowest BCUT2D eigenvalue weighted by Crippen LogP contribution is -2.30. The molecule has 6 heteroatoms. The van der Waals surface area contributed by atoms with E-state index in [1.54, 1.807) is 0 Å². The average Bonchev–Trinajstić information content (AvgIpc) is 2.84. The summed E-state index contributed by atoms with van der Waals surface area (Å²) >= 11 is 0. The Morgan fingerprint density at radius 2 is 1.76 bits per heavy atom. The number of rotatable bonds is 5. The van der Waals surface area contributed by atoms with Gasteiger partial charge in [0.1, 0.15) is 0 Å². The number of carbonyl (C=O) groups excluding carboxylic acids is 2. The molecule has 0 aromatic heterocycles. The van der Waals surface area contributed by atoms with Crippen molar-refractivity contribution in [1.29, 1.82) is 0 Å². The summed E-state index contributed by atoms with van der Waals surface area (Å²) in [6, 6.07) is 5.61. The van der Waals surface area contributed by atoms with Crippen LogP contribution in [0.4, 0.5) is 0 Å². The van der Waals surface area contributed by atoms with E-state index < -0.39 is 18.2 Å². The van der Waals surface area contributed by atoms with Gasteiger partial charge in [0.05, 0.1) is 0 Å². The molecule has 0 radical (unpaired) electrons. The third-order valence-electron chi connectivity index (χ3n) is 3.02. The van der Waals surface area contributed by atoms with Crippen LogP contribution in [-0.2, 0) is 25.5 Å². The summed E-state index contributed by atoms with van der Waals surface area (Å²) < 4.78 is 20.7. The Labute approximate surface area is 122 Å². The average molecular weight is 294 g/mol. The van der Waals surface area contributed by atoms with Gasteiger partial charge >= 0.3 is 11.9 Å². The first-order valence-corrected chi connectivity index (χ1v) is 6.68. The van der Waals surface area contributed by atoms with Gasteiger partial charge in [-0.3, -0.25) is 9.59 Å². The van der Waals surface area contributed by atoms with Crippen LogP contribution in [0.25, 0.3) is 0 Å². The Hall–Kier alpha value is -2.24. The predicted molar refractivity (Wildman–Crippen MR) is 72.8 cm³/mol. The second-order valence-electron chi connectivity index (χ2n) is 4.96. The highest BCUT2D eigenvalue weighted by Crippen LogP contribution is 2.33. The molecule has 1 aromatic rings. The molecule has 1 aliphatic rings. The molecule has 1 heterocycles. The van der Waals surface area contributed by atoms with E-state index in [1.165, 1.54) is 13.8 Å². The van der Waals surface area contributed by atoms with Gasteiger partial charge in [0.15, 0.2) is 11.5 Å². The fourth-order valence-electron chi connectivity index (χ4n) is 2.12. The molecule has 1 aromatic carbocycles. The lowest BCUT2D eigenvalue weighted by Gasteiger charge is -2.23. The predicted octanol–water partition coefficient (Wildman–Crippen LogP) is 2.05. The lowest BCUT2D eigenvalue weighted by atomic mass is 10.00. The number of carbonyl (C=O) groups is 2. The van der Waals surface area contributed by atoms with Crippen molar-refractivity contribution in [2.24, 2.45) is 5.92 Å². The Bertz CT molecular complexity index is 523. The van der Waals surface area contributed by atoms with Crippen molar-refractivity contribution in [3.63, 3.8) is 0 Å². The number of benzene rings is 1. The van der Waals surface area contributed by atoms with Crippen molar-refractivity contribution in [3.05, 3.63) is 23.8 Å². The molecule has 6 nitrogen and oxygen atoms in total. The molecule has 1 atom stereocenters. The zero-order chi connectivity index (χ0) is 15.4. The minimum atomic E-state index is -0.898. The third-order valence-corrected chi connectivity index (χ3v) is 3.02. The fourth-order valence-corrected chi connectivity index (χ4v) is 2.12. The smallest absolute Gasteiger partial charge is 0.305 e. The van der Waals surface area contributed by atoms with Gasteiger partial charge < -0.3 is 18.9 Å². The van der Waals surface area contributed by atoms with Gasteiger partial charge in [-0.05, 0) is 24.1 Å². The zero-order valence-corrected chi connectivity index (χ0v) is 12.3. The van der Waals surface area contributed by atoms with E-state index in [2.05, 4.69) is 0 Å². The van der Waals surface area contributed by atoms with Gasteiger partial charge in [-0.25, -0.2) is 0 Å². The van der Waals surface area contributed by atoms with Crippen LogP contribution in [0.5, 0.6) is 11.5 Å². The van der Waals surface area contributed by atoms with E-state index >= 15 is 0 Å². The molecule has 2 rings (SSSR count). The molecule has 1 unspecified atom stereocenters. The van der Waals surface area contributed by atoms with Gasteiger partial charge in [-0.2, -0.15) is 0 Å². The van der Waals surface area contributed by atoms with Crippen molar-refractivity contribution in [2.45, 2.75) is 33.5 Å². The fraction of sp³-hybridized carbons (Fsp3) is 0.467. The molecule has 0 bridgehead atoms. The molecular formula is C15H18O6. The highest BCUT2D eigenvalue weighted by molar-refractivity contribution is 5.68. The first-order valence-electron chi connectivity index (χ1n) is 6.68. The van der Waals surface area contributed by atoms with E-state index in [9.17, 15) is 9.59 Å². The number of hydrogen-bond acceptors (Lipinski definition) is 6. The molecule has 0 spiro atoms. The van der Waals surface area contributed by atoms with Crippen LogP contribution in [0.15, 0.2) is 18.2 Å². The number of ether oxygens (including phenoxy) is 4. The SMILES string of the molecule is CC(=O)OC(OC(C)=O)C(C)Cc1ccc2c(c1)OCO2. The second kappa shape index (κ2) is 6.47. The number of hydrogen-bond donors (Lipinski definition) is 0. The Morgan fingerprint density at radius 1 is 1.14 bits per heavy atom. The highest BCUT2D eigenvalue weighted by atomic mass is 16.7. The first-order chi connectivity index (χ1) is 9.95. The van der Waals surface area contributed by atoms with Gasteiger partial charge in [-0.15, -0.1) is 0 Å². The zero-order valence-electron chi connectivity index (χ0n) is 12.3. The van der Waals surface area contributed by atoms with Crippen molar-refractivity contribution in [1.82, 2.24) is 0 Å². The van der Waals surface area contributed by atoms with Gasteiger partial charge in [0.25, 0.3) is 0 Å². The molecule has 0 N–H and O–H groups in total. The maximum absolute atomic E-state index is 11.1. The maximum Gasteiger partial charge on any atom is 0.305 e. The highest BCUT2D eigenvalue weighted by Gasteiger charge is 2.24. The van der Waals surface area contributed by atoms with Crippen molar-refractivity contribution < 1.29 is 28.5 Å². The summed E-state index contributed by atoms with van der Waals surface area (Å²) in [5.41, 5.74) is 0.982. The van der Waals surface area contributed by atoms with Gasteiger partial charge in [0, 0.05) is 19.8 Å². The van der Waals surface area contributed by atoms with Crippen LogP contribution in [0, 0.1) is 5.92 Å². The first kappa shape index (κ1) is 15.2. The van der Waals surface area contributed by atoms with E-state index in [0.29, 0.717) is 17.9 Å². The molecule has 0 fully saturated rings. The van der Waals surface area contributed by atoms with Crippen molar-refractivity contribution >= 4 is 11.9 Å². The van der Waals surface area contributed by atoms with Crippen LogP contribution in [-0.4, -0.2) is 25.0 Å². The molecule has 21 heavy (non-hydrogen) atoms. The van der Waals surface area contributed by atoms with E-state index in [0.717, 1.165) is 5.56 Å². The van der Waals surface area contributed by atoms with Crippen molar-refractivity contribution in [3.8, 4) is 11.5 Å². The third kappa shape index (κ3) is 4.11. The Morgan fingerprint density at radius 3 is 2.38 bits per heavy atom. The van der Waals surface area contributed by atoms with Crippen molar-refractivity contribution in [2.75, 3.05) is 6.79 Å². The molecule has 0 amide bonds. The Balaban J connectivity index is 2.04. The summed E-state index contributed by atoms with van der Waals surface area (Å²) in [4.78, 5) is 22.2.